The van der Waals surface area contributed by atoms with Crippen LogP contribution < -0.4 is 10.6 Å². The Morgan fingerprint density at radius 2 is 2.21 bits per heavy atom. The summed E-state index contributed by atoms with van der Waals surface area (Å²) in [5, 5.41) is 6.43. The van der Waals surface area contributed by atoms with Gasteiger partial charge in [0.2, 0.25) is 0 Å². The molecule has 1 aromatic rings. The number of carbonyl (C=O) groups excluding carboxylic acids is 1. The molecule has 0 aliphatic heterocycles. The molecule has 2 fully saturated rings. The van der Waals surface area contributed by atoms with E-state index in [1.54, 1.807) is 12.1 Å². The van der Waals surface area contributed by atoms with Crippen molar-refractivity contribution >= 4 is 23.3 Å². The molecule has 2 amide bonds. The molecule has 2 aliphatic rings. The number of hydrogen-bond donors (Lipinski definition) is 2. The molecule has 2 aliphatic carbocycles. The second-order valence-electron chi connectivity index (χ2n) is 5.78. The van der Waals surface area contributed by atoms with Gasteiger partial charge in [-0.2, -0.15) is 0 Å². The number of benzene rings is 1. The topological polar surface area (TPSA) is 41.1 Å². The summed E-state index contributed by atoms with van der Waals surface area (Å²) in [4.78, 5) is 11.8. The van der Waals surface area contributed by atoms with Gasteiger partial charge in [-0.3, -0.25) is 0 Å². The van der Waals surface area contributed by atoms with Crippen LogP contribution in [0, 0.1) is 17.8 Å². The fourth-order valence-electron chi connectivity index (χ4n) is 3.59. The summed E-state index contributed by atoms with van der Waals surface area (Å²) in [6.07, 6.45) is 5.42. The van der Waals surface area contributed by atoms with E-state index in [-0.39, 0.29) is 6.03 Å². The molecule has 0 spiro atoms. The number of rotatable bonds is 3. The van der Waals surface area contributed by atoms with Crippen LogP contribution >= 0.6 is 11.6 Å². The summed E-state index contributed by atoms with van der Waals surface area (Å²) in [6, 6.07) is 7.07. The van der Waals surface area contributed by atoms with Gasteiger partial charge in [-0.1, -0.05) is 24.1 Å². The molecule has 102 valence electrons. The molecule has 2 bridgehead atoms. The molecular formula is C15H19ClN2O. The average molecular weight is 279 g/mol. The van der Waals surface area contributed by atoms with Gasteiger partial charge >= 0.3 is 6.03 Å². The maximum Gasteiger partial charge on any atom is 0.319 e. The van der Waals surface area contributed by atoms with Crippen molar-refractivity contribution in [1.29, 1.82) is 0 Å². The summed E-state index contributed by atoms with van der Waals surface area (Å²) in [5.41, 5.74) is 0.734. The van der Waals surface area contributed by atoms with Gasteiger partial charge in [0.1, 0.15) is 0 Å². The number of fused-ring (bicyclic) bond motifs is 2. The molecule has 3 atom stereocenters. The van der Waals surface area contributed by atoms with E-state index in [9.17, 15) is 4.79 Å². The zero-order chi connectivity index (χ0) is 13.2. The number of urea groups is 1. The summed E-state index contributed by atoms with van der Waals surface area (Å²) >= 11 is 5.88. The highest BCUT2D eigenvalue weighted by Gasteiger charge is 2.39. The first-order valence-electron chi connectivity index (χ1n) is 7.01. The maximum atomic E-state index is 11.8. The Morgan fingerprint density at radius 3 is 2.89 bits per heavy atom. The smallest absolute Gasteiger partial charge is 0.319 e. The normalized spacial score (nSPS) is 28.4. The Bertz CT molecular complexity index is 477. The molecule has 0 saturated heterocycles. The van der Waals surface area contributed by atoms with Gasteiger partial charge in [-0.15, -0.1) is 0 Å². The number of halogens is 1. The summed E-state index contributed by atoms with van der Waals surface area (Å²) in [6.45, 7) is 0.799. The molecule has 19 heavy (non-hydrogen) atoms. The minimum absolute atomic E-state index is 0.134. The van der Waals surface area contributed by atoms with Crippen molar-refractivity contribution in [2.75, 3.05) is 11.9 Å². The van der Waals surface area contributed by atoms with Crippen molar-refractivity contribution in [2.45, 2.75) is 25.7 Å². The summed E-state index contributed by atoms with van der Waals surface area (Å²) < 4.78 is 0. The van der Waals surface area contributed by atoms with Crippen LogP contribution in [0.3, 0.4) is 0 Å². The molecule has 0 unspecified atom stereocenters. The van der Waals surface area contributed by atoms with E-state index in [2.05, 4.69) is 10.6 Å². The van der Waals surface area contributed by atoms with Crippen molar-refractivity contribution in [2.24, 2.45) is 17.8 Å². The molecule has 0 heterocycles. The van der Waals surface area contributed by atoms with E-state index in [4.69, 9.17) is 11.6 Å². The van der Waals surface area contributed by atoms with E-state index in [1.807, 2.05) is 12.1 Å². The van der Waals surface area contributed by atoms with Crippen LogP contribution in [-0.4, -0.2) is 12.6 Å². The van der Waals surface area contributed by atoms with Crippen molar-refractivity contribution in [3.63, 3.8) is 0 Å². The van der Waals surface area contributed by atoms with Gasteiger partial charge in [0.15, 0.2) is 0 Å². The quantitative estimate of drug-likeness (QED) is 0.865. The Balaban J connectivity index is 1.47. The Morgan fingerprint density at radius 1 is 1.32 bits per heavy atom. The zero-order valence-electron chi connectivity index (χ0n) is 10.9. The number of nitrogens with one attached hydrogen (secondary N) is 2. The van der Waals surface area contributed by atoms with Gasteiger partial charge in [0.05, 0.1) is 0 Å². The maximum absolute atomic E-state index is 11.8. The standard InChI is InChI=1S/C15H19ClN2O/c16-13-2-1-3-14(8-13)18-15(19)17-9-12-7-10-4-5-11(12)6-10/h1-3,8,10-12H,4-7,9H2,(H2,17,18,19)/t10-,11-,12-/m0/s1. The molecule has 1 aromatic carbocycles. The fraction of sp³-hybridized carbons (Fsp3) is 0.533. The number of carbonyl (C=O) groups is 1. The van der Waals surface area contributed by atoms with Crippen LogP contribution in [0.1, 0.15) is 25.7 Å². The molecule has 0 aromatic heterocycles. The number of amides is 2. The van der Waals surface area contributed by atoms with Crippen LogP contribution in [0.15, 0.2) is 24.3 Å². The van der Waals surface area contributed by atoms with Crippen LogP contribution in [-0.2, 0) is 0 Å². The lowest BCUT2D eigenvalue weighted by atomic mass is 9.89. The van der Waals surface area contributed by atoms with Gasteiger partial charge in [-0.05, 0) is 55.2 Å². The van der Waals surface area contributed by atoms with E-state index >= 15 is 0 Å². The minimum atomic E-state index is -0.134. The van der Waals surface area contributed by atoms with E-state index in [0.29, 0.717) is 10.9 Å². The number of anilines is 1. The SMILES string of the molecule is O=C(NC[C@@H]1C[C@H]2CC[C@H]1C2)Nc1cccc(Cl)c1. The first kappa shape index (κ1) is 12.8. The van der Waals surface area contributed by atoms with Crippen molar-refractivity contribution < 1.29 is 4.79 Å². The third-order valence-electron chi connectivity index (χ3n) is 4.49. The van der Waals surface area contributed by atoms with E-state index in [1.165, 1.54) is 25.7 Å². The van der Waals surface area contributed by atoms with Crippen LogP contribution in [0.2, 0.25) is 5.02 Å². The second kappa shape index (κ2) is 5.41. The molecule has 3 nitrogen and oxygen atoms in total. The third kappa shape index (κ3) is 3.03. The van der Waals surface area contributed by atoms with E-state index in [0.717, 1.165) is 24.1 Å². The first-order valence-corrected chi connectivity index (χ1v) is 7.39. The Labute approximate surface area is 118 Å². The van der Waals surface area contributed by atoms with Gasteiger partial charge < -0.3 is 10.6 Å². The first-order chi connectivity index (χ1) is 9.20. The van der Waals surface area contributed by atoms with Crippen molar-refractivity contribution in [3.05, 3.63) is 29.3 Å². The summed E-state index contributed by atoms with van der Waals surface area (Å²) in [5.74, 6) is 2.45. The average Bonchev–Trinajstić information content (AvgIpc) is 2.98. The Kier molecular flexibility index (Phi) is 3.65. The van der Waals surface area contributed by atoms with E-state index < -0.39 is 0 Å². The molecule has 4 heteroatoms. The lowest BCUT2D eigenvalue weighted by molar-refractivity contribution is 0.245. The zero-order valence-corrected chi connectivity index (χ0v) is 11.6. The van der Waals surface area contributed by atoms with Crippen molar-refractivity contribution in [3.8, 4) is 0 Å². The molecule has 3 rings (SSSR count). The highest BCUT2D eigenvalue weighted by atomic mass is 35.5. The van der Waals surface area contributed by atoms with Crippen molar-refractivity contribution in [1.82, 2.24) is 5.32 Å². The van der Waals surface area contributed by atoms with Gasteiger partial charge in [0.25, 0.3) is 0 Å². The highest BCUT2D eigenvalue weighted by molar-refractivity contribution is 6.30. The predicted molar refractivity (Wildman–Crippen MR) is 77.4 cm³/mol. The monoisotopic (exact) mass is 278 g/mol. The molecule has 2 saturated carbocycles. The molecule has 2 N–H and O–H groups in total. The fourth-order valence-corrected chi connectivity index (χ4v) is 3.78. The van der Waals surface area contributed by atoms with Gasteiger partial charge in [0, 0.05) is 17.3 Å². The summed E-state index contributed by atoms with van der Waals surface area (Å²) in [7, 11) is 0. The molecule has 0 radical (unpaired) electrons. The Hall–Kier alpha value is -1.22. The third-order valence-corrected chi connectivity index (χ3v) is 4.73. The highest BCUT2D eigenvalue weighted by Crippen LogP contribution is 2.47. The van der Waals surface area contributed by atoms with Crippen LogP contribution in [0.25, 0.3) is 0 Å². The van der Waals surface area contributed by atoms with Crippen LogP contribution in [0.4, 0.5) is 10.5 Å². The van der Waals surface area contributed by atoms with Gasteiger partial charge in [-0.25, -0.2) is 4.79 Å². The predicted octanol–water partition coefficient (Wildman–Crippen LogP) is 3.90. The lowest BCUT2D eigenvalue weighted by Gasteiger charge is -2.21. The molecular weight excluding hydrogens is 260 g/mol. The number of hydrogen-bond acceptors (Lipinski definition) is 1. The largest absolute Gasteiger partial charge is 0.338 e. The minimum Gasteiger partial charge on any atom is -0.338 e. The van der Waals surface area contributed by atoms with Crippen LogP contribution in [0.5, 0.6) is 0 Å². The second-order valence-corrected chi connectivity index (χ2v) is 6.22. The lowest BCUT2D eigenvalue weighted by Crippen LogP contribution is -2.34.